The predicted molar refractivity (Wildman–Crippen MR) is 77.9 cm³/mol. The summed E-state index contributed by atoms with van der Waals surface area (Å²) in [7, 11) is 0. The van der Waals surface area contributed by atoms with Gasteiger partial charge in [0, 0.05) is 5.56 Å². The Morgan fingerprint density at radius 1 is 1.11 bits per heavy atom. The summed E-state index contributed by atoms with van der Waals surface area (Å²) in [4.78, 5) is 0. The highest BCUT2D eigenvalue weighted by Crippen LogP contribution is 2.35. The molecule has 2 N–H and O–H groups in total. The van der Waals surface area contributed by atoms with E-state index in [-0.39, 0.29) is 5.75 Å². The number of rotatable bonds is 4. The second-order valence-corrected chi connectivity index (χ2v) is 4.56. The smallest absolute Gasteiger partial charge is 0.122 e. The van der Waals surface area contributed by atoms with Crippen molar-refractivity contribution in [2.75, 3.05) is 0 Å². The Morgan fingerprint density at radius 2 is 1.79 bits per heavy atom. The summed E-state index contributed by atoms with van der Waals surface area (Å²) in [5, 5.41) is 20.6. The number of aromatic hydroxyl groups is 1. The lowest BCUT2D eigenvalue weighted by Crippen LogP contribution is -2.26. The van der Waals surface area contributed by atoms with E-state index in [4.69, 9.17) is 0 Å². The summed E-state index contributed by atoms with van der Waals surface area (Å²) in [6.07, 6.45) is 2.14. The topological polar surface area (TPSA) is 40.5 Å². The van der Waals surface area contributed by atoms with Gasteiger partial charge in [-0.15, -0.1) is 0 Å². The third-order valence-corrected chi connectivity index (χ3v) is 3.49. The zero-order chi connectivity index (χ0) is 13.9. The summed E-state index contributed by atoms with van der Waals surface area (Å²) in [6, 6.07) is 14.7. The fraction of sp³-hybridized carbons (Fsp3) is 0.176. The van der Waals surface area contributed by atoms with Gasteiger partial charge in [-0.05, 0) is 29.7 Å². The third kappa shape index (κ3) is 2.40. The Labute approximate surface area is 113 Å². The van der Waals surface area contributed by atoms with Crippen molar-refractivity contribution in [2.24, 2.45) is 0 Å². The molecule has 0 saturated heterocycles. The Bertz CT molecular complexity index is 575. The molecule has 0 spiro atoms. The van der Waals surface area contributed by atoms with Crippen molar-refractivity contribution in [3.63, 3.8) is 0 Å². The summed E-state index contributed by atoms with van der Waals surface area (Å²) in [5.74, 6) is 0.172. The van der Waals surface area contributed by atoms with Crippen LogP contribution in [-0.4, -0.2) is 10.2 Å². The highest BCUT2D eigenvalue weighted by molar-refractivity contribution is 5.57. The van der Waals surface area contributed by atoms with E-state index in [9.17, 15) is 10.2 Å². The van der Waals surface area contributed by atoms with Crippen molar-refractivity contribution in [3.8, 4) is 5.75 Å². The lowest BCUT2D eigenvalue weighted by molar-refractivity contribution is 0.0765. The highest BCUT2D eigenvalue weighted by atomic mass is 16.3. The lowest BCUT2D eigenvalue weighted by Gasteiger charge is -2.28. The van der Waals surface area contributed by atoms with Crippen LogP contribution in [0, 0.1) is 0 Å². The van der Waals surface area contributed by atoms with Crippen LogP contribution in [0.15, 0.2) is 55.1 Å². The van der Waals surface area contributed by atoms with Gasteiger partial charge in [0.15, 0.2) is 0 Å². The van der Waals surface area contributed by atoms with Gasteiger partial charge in [-0.3, -0.25) is 0 Å². The average molecular weight is 254 g/mol. The first-order valence-electron chi connectivity index (χ1n) is 6.35. The molecule has 0 aliphatic heterocycles. The van der Waals surface area contributed by atoms with Crippen molar-refractivity contribution in [1.29, 1.82) is 0 Å². The second kappa shape index (κ2) is 5.29. The van der Waals surface area contributed by atoms with E-state index >= 15 is 0 Å². The van der Waals surface area contributed by atoms with Gasteiger partial charge in [0.1, 0.15) is 11.4 Å². The van der Waals surface area contributed by atoms with E-state index in [0.717, 1.165) is 11.1 Å². The number of hydrogen-bond acceptors (Lipinski definition) is 2. The minimum absolute atomic E-state index is 0.172. The Hall–Kier alpha value is -2.06. The SMILES string of the molecule is C=Cc1cc(C(O)(CC)c2ccccc2)ccc1O. The van der Waals surface area contributed by atoms with Gasteiger partial charge in [-0.25, -0.2) is 0 Å². The van der Waals surface area contributed by atoms with Gasteiger partial charge in [-0.2, -0.15) is 0 Å². The van der Waals surface area contributed by atoms with Gasteiger partial charge in [0.2, 0.25) is 0 Å². The molecule has 0 radical (unpaired) electrons. The normalized spacial score (nSPS) is 13.8. The Morgan fingerprint density at radius 3 is 2.37 bits per heavy atom. The van der Waals surface area contributed by atoms with E-state index in [0.29, 0.717) is 12.0 Å². The zero-order valence-corrected chi connectivity index (χ0v) is 11.0. The first-order chi connectivity index (χ1) is 9.11. The monoisotopic (exact) mass is 254 g/mol. The molecule has 0 fully saturated rings. The van der Waals surface area contributed by atoms with Crippen LogP contribution in [0.4, 0.5) is 0 Å². The number of benzene rings is 2. The van der Waals surface area contributed by atoms with E-state index in [2.05, 4.69) is 6.58 Å². The van der Waals surface area contributed by atoms with Crippen molar-refractivity contribution >= 4 is 6.08 Å². The predicted octanol–water partition coefficient (Wildman–Crippen LogP) is 3.68. The summed E-state index contributed by atoms with van der Waals surface area (Å²) < 4.78 is 0. The van der Waals surface area contributed by atoms with Gasteiger partial charge in [0.25, 0.3) is 0 Å². The molecule has 0 heterocycles. The van der Waals surface area contributed by atoms with Gasteiger partial charge < -0.3 is 10.2 Å². The first kappa shape index (κ1) is 13.4. The highest BCUT2D eigenvalue weighted by Gasteiger charge is 2.29. The maximum atomic E-state index is 11.0. The molecule has 0 amide bonds. The summed E-state index contributed by atoms with van der Waals surface area (Å²) in [5.41, 5.74) is 1.18. The van der Waals surface area contributed by atoms with E-state index in [1.807, 2.05) is 37.3 Å². The molecular weight excluding hydrogens is 236 g/mol. The van der Waals surface area contributed by atoms with Crippen LogP contribution in [0.25, 0.3) is 6.08 Å². The fourth-order valence-electron chi connectivity index (χ4n) is 2.26. The van der Waals surface area contributed by atoms with Crippen LogP contribution < -0.4 is 0 Å². The summed E-state index contributed by atoms with van der Waals surface area (Å²) >= 11 is 0. The molecule has 98 valence electrons. The first-order valence-corrected chi connectivity index (χ1v) is 6.35. The number of hydrogen-bond donors (Lipinski definition) is 2. The average Bonchev–Trinajstić information content (AvgIpc) is 2.47. The van der Waals surface area contributed by atoms with Crippen molar-refractivity contribution in [3.05, 3.63) is 71.8 Å². The van der Waals surface area contributed by atoms with Gasteiger partial charge in [-0.1, -0.05) is 56.0 Å². The second-order valence-electron chi connectivity index (χ2n) is 4.56. The van der Waals surface area contributed by atoms with Crippen LogP contribution in [-0.2, 0) is 5.60 Å². The molecule has 0 saturated carbocycles. The largest absolute Gasteiger partial charge is 0.507 e. The number of phenolic OH excluding ortho intramolecular Hbond substituents is 1. The van der Waals surface area contributed by atoms with E-state index in [1.165, 1.54) is 0 Å². The summed E-state index contributed by atoms with van der Waals surface area (Å²) in [6.45, 7) is 5.61. The van der Waals surface area contributed by atoms with E-state index < -0.39 is 5.60 Å². The molecule has 2 aromatic rings. The lowest BCUT2D eigenvalue weighted by atomic mass is 9.83. The zero-order valence-electron chi connectivity index (χ0n) is 11.0. The molecular formula is C17H18O2. The fourth-order valence-corrected chi connectivity index (χ4v) is 2.26. The molecule has 2 nitrogen and oxygen atoms in total. The van der Waals surface area contributed by atoms with Crippen molar-refractivity contribution < 1.29 is 10.2 Å². The van der Waals surface area contributed by atoms with Crippen molar-refractivity contribution in [2.45, 2.75) is 18.9 Å². The van der Waals surface area contributed by atoms with Crippen LogP contribution in [0.2, 0.25) is 0 Å². The van der Waals surface area contributed by atoms with Crippen molar-refractivity contribution in [1.82, 2.24) is 0 Å². The molecule has 0 aliphatic rings. The van der Waals surface area contributed by atoms with Crippen LogP contribution in [0.5, 0.6) is 5.75 Å². The molecule has 0 aliphatic carbocycles. The molecule has 0 aromatic heterocycles. The third-order valence-electron chi connectivity index (χ3n) is 3.49. The Kier molecular flexibility index (Phi) is 3.72. The molecule has 1 atom stereocenters. The molecule has 2 aromatic carbocycles. The maximum Gasteiger partial charge on any atom is 0.122 e. The van der Waals surface area contributed by atoms with Crippen LogP contribution in [0.1, 0.15) is 30.0 Å². The minimum Gasteiger partial charge on any atom is -0.507 e. The number of aliphatic hydroxyl groups is 1. The van der Waals surface area contributed by atoms with Crippen LogP contribution in [0.3, 0.4) is 0 Å². The maximum absolute atomic E-state index is 11.0. The number of phenols is 1. The van der Waals surface area contributed by atoms with Gasteiger partial charge in [0.05, 0.1) is 0 Å². The van der Waals surface area contributed by atoms with Crippen LogP contribution >= 0.6 is 0 Å². The molecule has 1 unspecified atom stereocenters. The molecule has 19 heavy (non-hydrogen) atoms. The Balaban J connectivity index is 2.56. The molecule has 2 rings (SSSR count). The standard InChI is InChI=1S/C17H18O2/c1-3-13-12-15(10-11-16(13)18)17(19,4-2)14-8-6-5-7-9-14/h3,5-12,18-19H,1,4H2,2H3. The quantitative estimate of drug-likeness (QED) is 0.873. The van der Waals surface area contributed by atoms with E-state index in [1.54, 1.807) is 24.3 Å². The molecule has 0 bridgehead atoms. The molecule has 2 heteroatoms. The minimum atomic E-state index is -1.05. The van der Waals surface area contributed by atoms with Gasteiger partial charge >= 0.3 is 0 Å².